The summed E-state index contributed by atoms with van der Waals surface area (Å²) in [5, 5.41) is 12.7. The molecule has 0 fully saturated rings. The van der Waals surface area contributed by atoms with Crippen LogP contribution < -0.4 is 9.47 Å². The molecule has 3 aromatic rings. The second kappa shape index (κ2) is 10.2. The van der Waals surface area contributed by atoms with E-state index in [4.69, 9.17) is 14.2 Å². The van der Waals surface area contributed by atoms with Crippen molar-refractivity contribution in [2.75, 3.05) is 26.4 Å². The highest BCUT2D eigenvalue weighted by atomic mass is 32.1. The number of aromatic nitrogens is 3. The van der Waals surface area contributed by atoms with E-state index in [1.54, 1.807) is 46.6 Å². The Kier molecular flexibility index (Phi) is 6.83. The van der Waals surface area contributed by atoms with Gasteiger partial charge in [-0.15, -0.1) is 11.3 Å². The van der Waals surface area contributed by atoms with E-state index in [-0.39, 0.29) is 17.2 Å². The molecule has 0 spiro atoms. The van der Waals surface area contributed by atoms with Gasteiger partial charge in [0.1, 0.15) is 5.69 Å². The Bertz CT molecular complexity index is 1150. The minimum absolute atomic E-state index is 0.198. The first-order chi connectivity index (χ1) is 17.0. The summed E-state index contributed by atoms with van der Waals surface area (Å²) < 4.78 is 17.6. The highest BCUT2D eigenvalue weighted by Crippen LogP contribution is 2.36. The average Bonchev–Trinajstić information content (AvgIpc) is 3.54. The van der Waals surface area contributed by atoms with Crippen LogP contribution in [-0.2, 0) is 17.9 Å². The Hall–Kier alpha value is -3.24. The van der Waals surface area contributed by atoms with E-state index in [9.17, 15) is 9.59 Å². The van der Waals surface area contributed by atoms with Crippen LogP contribution >= 0.6 is 11.3 Å². The molecule has 0 aliphatic carbocycles. The third-order valence-corrected chi connectivity index (χ3v) is 6.85. The Morgan fingerprint density at radius 2 is 1.66 bits per heavy atom. The van der Waals surface area contributed by atoms with Crippen LogP contribution in [0.3, 0.4) is 0 Å². The number of aryl methyl sites for hydroxylation is 1. The average molecular weight is 497 g/mol. The molecule has 0 bridgehead atoms. The summed E-state index contributed by atoms with van der Waals surface area (Å²) in [4.78, 5) is 27.8. The van der Waals surface area contributed by atoms with E-state index in [2.05, 4.69) is 17.1 Å². The van der Waals surface area contributed by atoms with E-state index in [0.29, 0.717) is 50.6 Å². The van der Waals surface area contributed by atoms with Crippen molar-refractivity contribution < 1.29 is 23.8 Å². The number of hydrogen-bond donors (Lipinski definition) is 0. The smallest absolute Gasteiger partial charge is 0.261 e. The van der Waals surface area contributed by atoms with Crippen molar-refractivity contribution in [3.63, 3.8) is 0 Å². The van der Waals surface area contributed by atoms with Crippen LogP contribution in [0, 0.1) is 5.41 Å². The topological polar surface area (TPSA) is 95.8 Å². The molecule has 0 atom stereocenters. The van der Waals surface area contributed by atoms with Crippen LogP contribution in [-0.4, -0.2) is 58.1 Å². The summed E-state index contributed by atoms with van der Waals surface area (Å²) in [6, 6.07) is 6.98. The summed E-state index contributed by atoms with van der Waals surface area (Å²) >= 11 is 1.57. The maximum absolute atomic E-state index is 12.4. The fraction of sp³-hybridized carbons (Fsp3) is 0.440. The summed E-state index contributed by atoms with van der Waals surface area (Å²) in [5.41, 5.74) is 1.52. The van der Waals surface area contributed by atoms with Crippen molar-refractivity contribution >= 4 is 23.2 Å². The predicted octanol–water partition coefficient (Wildman–Crippen LogP) is 3.80. The summed E-state index contributed by atoms with van der Waals surface area (Å²) in [6.45, 7) is 5.11. The highest BCUT2D eigenvalue weighted by molar-refractivity contribution is 7.08. The fourth-order valence-corrected chi connectivity index (χ4v) is 4.85. The maximum atomic E-state index is 12.4. The van der Waals surface area contributed by atoms with Crippen molar-refractivity contribution in [1.82, 2.24) is 19.9 Å². The Labute approximate surface area is 207 Å². The molecular formula is C25H28N4O5S. The molecule has 2 aliphatic rings. The number of nitrogens with zero attached hydrogens (tertiary/aromatic N) is 4. The number of imide groups is 1. The molecule has 4 heterocycles. The van der Waals surface area contributed by atoms with Gasteiger partial charge in [0.05, 0.1) is 55.7 Å². The van der Waals surface area contributed by atoms with Crippen molar-refractivity contribution in [2.24, 2.45) is 5.41 Å². The molecule has 0 unspecified atom stereocenters. The second-order valence-electron chi connectivity index (χ2n) is 9.28. The van der Waals surface area contributed by atoms with E-state index in [0.717, 1.165) is 36.5 Å². The first-order valence-electron chi connectivity index (χ1n) is 11.8. The molecule has 0 N–H and O–H groups in total. The number of thiophene rings is 1. The SMILES string of the molecule is CC1(COCc2cnn(CCCCCN3C(=O)c4ccccc4C3=O)n2)COc2cscc2OC1. The number of fused-ring (bicyclic) bond motifs is 2. The summed E-state index contributed by atoms with van der Waals surface area (Å²) in [6.07, 6.45) is 4.19. The molecule has 35 heavy (non-hydrogen) atoms. The number of carbonyl (C=O) groups is 2. The van der Waals surface area contributed by atoms with Gasteiger partial charge in [0.25, 0.3) is 11.8 Å². The first kappa shape index (κ1) is 23.5. The van der Waals surface area contributed by atoms with E-state index < -0.39 is 0 Å². The number of amides is 2. The quantitative estimate of drug-likeness (QED) is 0.311. The molecule has 2 aromatic heterocycles. The van der Waals surface area contributed by atoms with Gasteiger partial charge in [-0.2, -0.15) is 15.0 Å². The van der Waals surface area contributed by atoms with E-state index >= 15 is 0 Å². The Morgan fingerprint density at radius 1 is 1.00 bits per heavy atom. The van der Waals surface area contributed by atoms with Gasteiger partial charge >= 0.3 is 0 Å². The van der Waals surface area contributed by atoms with Gasteiger partial charge in [-0.3, -0.25) is 14.5 Å². The largest absolute Gasteiger partial charge is 0.488 e. The molecule has 0 saturated carbocycles. The third-order valence-electron chi connectivity index (χ3n) is 6.15. The van der Waals surface area contributed by atoms with Crippen molar-refractivity contribution in [3.05, 3.63) is 58.0 Å². The predicted molar refractivity (Wildman–Crippen MR) is 129 cm³/mol. The van der Waals surface area contributed by atoms with Crippen LogP contribution in [0.15, 0.2) is 41.2 Å². The molecule has 10 heteroatoms. The van der Waals surface area contributed by atoms with Crippen LogP contribution in [0.2, 0.25) is 0 Å². The molecule has 2 aliphatic heterocycles. The van der Waals surface area contributed by atoms with Crippen molar-refractivity contribution in [2.45, 2.75) is 39.3 Å². The molecular weight excluding hydrogens is 468 g/mol. The number of ether oxygens (including phenoxy) is 3. The van der Waals surface area contributed by atoms with Gasteiger partial charge in [-0.25, -0.2) is 0 Å². The third kappa shape index (κ3) is 5.23. The molecule has 1 aromatic carbocycles. The normalized spacial score (nSPS) is 16.4. The molecule has 0 saturated heterocycles. The number of unbranched alkanes of at least 4 members (excludes halogenated alkanes) is 2. The van der Waals surface area contributed by atoms with Gasteiger partial charge in [-0.1, -0.05) is 19.1 Å². The Morgan fingerprint density at radius 3 is 2.34 bits per heavy atom. The van der Waals surface area contributed by atoms with Crippen LogP contribution in [0.5, 0.6) is 11.5 Å². The molecule has 2 amide bonds. The number of hydrogen-bond acceptors (Lipinski definition) is 8. The van der Waals surface area contributed by atoms with Gasteiger partial charge in [-0.05, 0) is 31.4 Å². The summed E-state index contributed by atoms with van der Waals surface area (Å²) in [7, 11) is 0. The molecule has 5 rings (SSSR count). The first-order valence-corrected chi connectivity index (χ1v) is 12.7. The maximum Gasteiger partial charge on any atom is 0.261 e. The zero-order valence-corrected chi connectivity index (χ0v) is 20.5. The second-order valence-corrected chi connectivity index (χ2v) is 10.0. The van der Waals surface area contributed by atoms with Crippen molar-refractivity contribution in [1.29, 1.82) is 0 Å². The molecule has 0 radical (unpaired) electrons. The van der Waals surface area contributed by atoms with Gasteiger partial charge in [0.15, 0.2) is 11.5 Å². The van der Waals surface area contributed by atoms with E-state index in [1.807, 2.05) is 10.8 Å². The standard InChI is InChI=1S/C25H28N4O5S/c1-25(16-33-21-13-35-14-22(21)34-17-25)15-32-12-18-11-26-29(27-18)10-6-2-5-9-28-23(30)19-7-3-4-8-20(19)24(28)31/h3-4,7-8,11,13-14H,2,5-6,9-10,12,15-17H2,1H3. The fourth-order valence-electron chi connectivity index (χ4n) is 4.16. The molecule has 9 nitrogen and oxygen atoms in total. The zero-order valence-electron chi connectivity index (χ0n) is 19.6. The van der Waals surface area contributed by atoms with Gasteiger partial charge in [0, 0.05) is 17.3 Å². The zero-order chi connectivity index (χ0) is 24.3. The van der Waals surface area contributed by atoms with Crippen LogP contribution in [0.25, 0.3) is 0 Å². The number of benzene rings is 1. The van der Waals surface area contributed by atoms with Crippen LogP contribution in [0.1, 0.15) is 52.6 Å². The number of carbonyl (C=O) groups excluding carboxylic acids is 2. The monoisotopic (exact) mass is 496 g/mol. The molecule has 184 valence electrons. The van der Waals surface area contributed by atoms with Crippen molar-refractivity contribution in [3.8, 4) is 11.5 Å². The lowest BCUT2D eigenvalue weighted by atomic mass is 9.94. The Balaban J connectivity index is 0.997. The summed E-state index contributed by atoms with van der Waals surface area (Å²) in [5.74, 6) is 1.20. The minimum atomic E-state index is -0.244. The lowest BCUT2D eigenvalue weighted by molar-refractivity contribution is -0.00162. The lowest BCUT2D eigenvalue weighted by Gasteiger charge is -2.25. The lowest BCUT2D eigenvalue weighted by Crippen LogP contribution is -2.35. The van der Waals surface area contributed by atoms with E-state index in [1.165, 1.54) is 4.90 Å². The van der Waals surface area contributed by atoms with Gasteiger partial charge in [0.2, 0.25) is 0 Å². The van der Waals surface area contributed by atoms with Crippen LogP contribution in [0.4, 0.5) is 0 Å². The minimum Gasteiger partial charge on any atom is -0.488 e. The number of rotatable bonds is 10. The highest BCUT2D eigenvalue weighted by Gasteiger charge is 2.34. The van der Waals surface area contributed by atoms with Gasteiger partial charge < -0.3 is 14.2 Å².